The largest absolute Gasteiger partial charge is 0.308 e. The molecule has 1 aromatic heterocycles. The lowest BCUT2D eigenvalue weighted by molar-refractivity contribution is -0.120. The van der Waals surface area contributed by atoms with Gasteiger partial charge in [0.2, 0.25) is 11.8 Å². The third-order valence-electron chi connectivity index (χ3n) is 5.67. The van der Waals surface area contributed by atoms with Crippen molar-refractivity contribution < 1.29 is 14.0 Å². The van der Waals surface area contributed by atoms with E-state index in [-0.39, 0.29) is 30.4 Å². The van der Waals surface area contributed by atoms with Crippen molar-refractivity contribution >= 4 is 23.2 Å². The number of carbonyl (C=O) groups excluding carboxylic acids is 2. The standard InChI is InChI=1S/C23H26FN3O2/c1-15-14-26(23(29)17-5-6-17)22-12-18(8-10-21(22)27(15)16(2)28)19-7-9-20(25-13-19)4-3-11-24/h7-10,12-13,15,17H,3-6,11,14H2,1-2H3. The molecule has 1 fully saturated rings. The van der Waals surface area contributed by atoms with E-state index in [1.807, 2.05) is 42.2 Å². The Morgan fingerprint density at radius 2 is 1.90 bits per heavy atom. The molecule has 1 aliphatic heterocycles. The monoisotopic (exact) mass is 395 g/mol. The zero-order valence-electron chi connectivity index (χ0n) is 16.9. The molecular formula is C23H26FN3O2. The summed E-state index contributed by atoms with van der Waals surface area (Å²) in [4.78, 5) is 33.2. The molecular weight excluding hydrogens is 369 g/mol. The first-order valence-corrected chi connectivity index (χ1v) is 10.3. The second-order valence-electron chi connectivity index (χ2n) is 8.00. The van der Waals surface area contributed by atoms with E-state index in [1.54, 1.807) is 18.0 Å². The Labute approximate surface area is 170 Å². The van der Waals surface area contributed by atoms with Gasteiger partial charge in [0.15, 0.2) is 0 Å². The quantitative estimate of drug-likeness (QED) is 0.764. The molecule has 2 amide bonds. The molecule has 0 N–H and O–H groups in total. The summed E-state index contributed by atoms with van der Waals surface area (Å²) in [6, 6.07) is 9.70. The molecule has 2 aliphatic rings. The number of halogens is 1. The summed E-state index contributed by atoms with van der Waals surface area (Å²) >= 11 is 0. The van der Waals surface area contributed by atoms with Crippen LogP contribution in [0.3, 0.4) is 0 Å². The maximum Gasteiger partial charge on any atom is 0.230 e. The van der Waals surface area contributed by atoms with Crippen LogP contribution in [0.15, 0.2) is 36.5 Å². The maximum absolute atomic E-state index is 12.9. The Kier molecular flexibility index (Phi) is 5.35. The SMILES string of the molecule is CC(=O)N1c2ccc(-c3ccc(CCCF)nc3)cc2N(C(=O)C2CC2)CC1C. The fourth-order valence-corrected chi connectivity index (χ4v) is 4.03. The highest BCUT2D eigenvalue weighted by Crippen LogP contribution is 2.41. The number of amides is 2. The van der Waals surface area contributed by atoms with E-state index in [1.165, 1.54) is 0 Å². The number of anilines is 2. The first-order chi connectivity index (χ1) is 14.0. The van der Waals surface area contributed by atoms with Crippen molar-refractivity contribution in [1.82, 2.24) is 4.98 Å². The van der Waals surface area contributed by atoms with Crippen LogP contribution in [-0.4, -0.2) is 36.1 Å². The Hall–Kier alpha value is -2.76. The van der Waals surface area contributed by atoms with Crippen molar-refractivity contribution in [2.75, 3.05) is 23.0 Å². The third kappa shape index (κ3) is 3.88. The van der Waals surface area contributed by atoms with E-state index < -0.39 is 0 Å². The molecule has 2 heterocycles. The molecule has 1 saturated carbocycles. The predicted molar refractivity (Wildman–Crippen MR) is 112 cm³/mol. The number of alkyl halides is 1. The number of aromatic nitrogens is 1. The molecule has 5 nitrogen and oxygen atoms in total. The summed E-state index contributed by atoms with van der Waals surface area (Å²) < 4.78 is 12.4. The lowest BCUT2D eigenvalue weighted by atomic mass is 10.0. The fraction of sp³-hybridized carbons (Fsp3) is 0.435. The van der Waals surface area contributed by atoms with Crippen molar-refractivity contribution in [3.8, 4) is 11.1 Å². The number of nitrogens with zero attached hydrogens (tertiary/aromatic N) is 3. The van der Waals surface area contributed by atoms with Crippen molar-refractivity contribution in [3.63, 3.8) is 0 Å². The number of rotatable bonds is 5. The normalized spacial score (nSPS) is 18.5. The minimum atomic E-state index is -0.343. The van der Waals surface area contributed by atoms with Crippen molar-refractivity contribution in [1.29, 1.82) is 0 Å². The van der Waals surface area contributed by atoms with Gasteiger partial charge in [-0.2, -0.15) is 0 Å². The van der Waals surface area contributed by atoms with Crippen LogP contribution < -0.4 is 9.80 Å². The minimum absolute atomic E-state index is 0.0242. The molecule has 1 unspecified atom stereocenters. The highest BCUT2D eigenvalue weighted by molar-refractivity contribution is 6.06. The summed E-state index contributed by atoms with van der Waals surface area (Å²) in [5, 5.41) is 0. The molecule has 0 saturated heterocycles. The maximum atomic E-state index is 12.9. The van der Waals surface area contributed by atoms with Gasteiger partial charge in [0.05, 0.1) is 24.1 Å². The van der Waals surface area contributed by atoms with Crippen LogP contribution in [0.25, 0.3) is 11.1 Å². The minimum Gasteiger partial charge on any atom is -0.308 e. The van der Waals surface area contributed by atoms with E-state index in [2.05, 4.69) is 4.98 Å². The Bertz CT molecular complexity index is 924. The van der Waals surface area contributed by atoms with Crippen LogP contribution in [0, 0.1) is 5.92 Å². The number of aryl methyl sites for hydroxylation is 1. The van der Waals surface area contributed by atoms with Crippen LogP contribution in [0.4, 0.5) is 15.8 Å². The number of hydrogen-bond donors (Lipinski definition) is 0. The van der Waals surface area contributed by atoms with Gasteiger partial charge >= 0.3 is 0 Å². The number of benzene rings is 1. The summed E-state index contributed by atoms with van der Waals surface area (Å²) in [5.41, 5.74) is 4.31. The van der Waals surface area contributed by atoms with E-state index in [4.69, 9.17) is 0 Å². The van der Waals surface area contributed by atoms with E-state index >= 15 is 0 Å². The molecule has 1 aromatic carbocycles. The number of pyridine rings is 1. The highest BCUT2D eigenvalue weighted by Gasteiger charge is 2.39. The molecule has 0 spiro atoms. The Morgan fingerprint density at radius 1 is 1.14 bits per heavy atom. The summed E-state index contributed by atoms with van der Waals surface area (Å²) in [5.74, 6) is 0.237. The van der Waals surface area contributed by atoms with Gasteiger partial charge in [-0.05, 0) is 56.4 Å². The molecule has 0 radical (unpaired) electrons. The lowest BCUT2D eigenvalue weighted by Gasteiger charge is -2.41. The fourth-order valence-electron chi connectivity index (χ4n) is 4.03. The van der Waals surface area contributed by atoms with E-state index in [0.717, 1.165) is 41.0 Å². The highest BCUT2D eigenvalue weighted by atomic mass is 19.1. The van der Waals surface area contributed by atoms with Gasteiger partial charge in [-0.1, -0.05) is 12.1 Å². The Balaban J connectivity index is 1.71. The van der Waals surface area contributed by atoms with E-state index in [0.29, 0.717) is 19.4 Å². The van der Waals surface area contributed by atoms with Crippen molar-refractivity contribution in [3.05, 3.63) is 42.2 Å². The average molecular weight is 395 g/mol. The van der Waals surface area contributed by atoms with Gasteiger partial charge in [0.1, 0.15) is 0 Å². The van der Waals surface area contributed by atoms with Crippen LogP contribution in [0.1, 0.15) is 38.8 Å². The van der Waals surface area contributed by atoms with Crippen LogP contribution in [-0.2, 0) is 16.0 Å². The van der Waals surface area contributed by atoms with Gasteiger partial charge in [-0.15, -0.1) is 0 Å². The van der Waals surface area contributed by atoms with Gasteiger partial charge in [-0.25, -0.2) is 0 Å². The molecule has 1 atom stereocenters. The lowest BCUT2D eigenvalue weighted by Crippen LogP contribution is -2.51. The molecule has 1 aliphatic carbocycles. The van der Waals surface area contributed by atoms with Gasteiger partial charge in [0.25, 0.3) is 0 Å². The van der Waals surface area contributed by atoms with Crippen molar-refractivity contribution in [2.24, 2.45) is 5.92 Å². The molecule has 4 rings (SSSR count). The first kappa shape index (κ1) is 19.6. The molecule has 6 heteroatoms. The predicted octanol–water partition coefficient (Wildman–Crippen LogP) is 4.15. The van der Waals surface area contributed by atoms with Crippen molar-refractivity contribution in [2.45, 2.75) is 45.6 Å². The second kappa shape index (κ2) is 7.93. The van der Waals surface area contributed by atoms with Crippen LogP contribution in [0.5, 0.6) is 0 Å². The molecule has 29 heavy (non-hydrogen) atoms. The van der Waals surface area contributed by atoms with Crippen LogP contribution >= 0.6 is 0 Å². The number of fused-ring (bicyclic) bond motifs is 1. The summed E-state index contributed by atoms with van der Waals surface area (Å²) in [6.45, 7) is 3.70. The summed E-state index contributed by atoms with van der Waals surface area (Å²) in [7, 11) is 0. The zero-order chi connectivity index (χ0) is 20.5. The number of hydrogen-bond acceptors (Lipinski definition) is 3. The smallest absolute Gasteiger partial charge is 0.230 e. The van der Waals surface area contributed by atoms with Gasteiger partial charge < -0.3 is 9.80 Å². The number of carbonyl (C=O) groups is 2. The Morgan fingerprint density at radius 3 is 2.52 bits per heavy atom. The topological polar surface area (TPSA) is 53.5 Å². The molecule has 2 aromatic rings. The molecule has 0 bridgehead atoms. The first-order valence-electron chi connectivity index (χ1n) is 10.3. The second-order valence-corrected chi connectivity index (χ2v) is 8.00. The summed E-state index contributed by atoms with van der Waals surface area (Å²) in [6.07, 6.45) is 4.77. The molecule has 152 valence electrons. The van der Waals surface area contributed by atoms with Crippen LogP contribution in [0.2, 0.25) is 0 Å². The zero-order valence-corrected chi connectivity index (χ0v) is 16.9. The van der Waals surface area contributed by atoms with Gasteiger partial charge in [-0.3, -0.25) is 19.0 Å². The van der Waals surface area contributed by atoms with E-state index in [9.17, 15) is 14.0 Å². The average Bonchev–Trinajstić information content (AvgIpc) is 3.56. The van der Waals surface area contributed by atoms with Gasteiger partial charge in [0, 0.05) is 36.8 Å². The third-order valence-corrected chi connectivity index (χ3v) is 5.67.